The fourth-order valence-electron chi connectivity index (χ4n) is 4.66. The van der Waals surface area contributed by atoms with Gasteiger partial charge in [-0.05, 0) is 49.6 Å². The summed E-state index contributed by atoms with van der Waals surface area (Å²) >= 11 is 0. The summed E-state index contributed by atoms with van der Waals surface area (Å²) in [5.74, 6) is -1.08. The van der Waals surface area contributed by atoms with Crippen LogP contribution in [0.1, 0.15) is 39.1 Å². The zero-order chi connectivity index (χ0) is 21.9. The number of imide groups is 1. The molecular formula is C23H19N3O5. The van der Waals surface area contributed by atoms with Crippen molar-refractivity contribution in [1.29, 1.82) is 0 Å². The molecule has 31 heavy (non-hydrogen) atoms. The Balaban J connectivity index is 1.80. The van der Waals surface area contributed by atoms with Crippen LogP contribution in [0.5, 0.6) is 5.75 Å². The predicted octanol–water partition coefficient (Wildman–Crippen LogP) is 4.16. The Morgan fingerprint density at radius 3 is 2.39 bits per heavy atom. The molecule has 3 aromatic rings. The summed E-state index contributed by atoms with van der Waals surface area (Å²) in [5.41, 5.74) is 1.68. The van der Waals surface area contributed by atoms with Crippen molar-refractivity contribution in [3.8, 4) is 5.75 Å². The maximum absolute atomic E-state index is 13.5. The molecule has 1 saturated heterocycles. The summed E-state index contributed by atoms with van der Waals surface area (Å²) in [6.45, 7) is 3.07. The van der Waals surface area contributed by atoms with E-state index in [0.717, 1.165) is 17.7 Å². The van der Waals surface area contributed by atoms with Gasteiger partial charge in [-0.25, -0.2) is 4.90 Å². The molecule has 2 aliphatic rings. The molecule has 0 unspecified atom stereocenters. The molecule has 2 aliphatic heterocycles. The first-order valence-corrected chi connectivity index (χ1v) is 10.1. The van der Waals surface area contributed by atoms with E-state index in [0.29, 0.717) is 46.4 Å². The quantitative estimate of drug-likeness (QED) is 0.390. The van der Waals surface area contributed by atoms with Crippen molar-refractivity contribution < 1.29 is 19.6 Å². The van der Waals surface area contributed by atoms with Crippen molar-refractivity contribution in [2.24, 2.45) is 0 Å². The van der Waals surface area contributed by atoms with Crippen LogP contribution in [-0.2, 0) is 0 Å². The number of aryl methyl sites for hydroxylation is 1. The molecule has 1 fully saturated rings. The van der Waals surface area contributed by atoms with Crippen molar-refractivity contribution >= 4 is 39.6 Å². The van der Waals surface area contributed by atoms with E-state index in [9.17, 15) is 24.8 Å². The Morgan fingerprint density at radius 1 is 1.00 bits per heavy atom. The standard InChI is InChI=1S/C23H19N3O5/c1-13-11-14(27)7-8-18(13)25-22(28)16-6-4-5-15-20(16)17(23(25)29)12-19(26(30)31)21(15)24-9-2-3-10-24/h4-8,11-12,27H,2-3,9-10H2,1H3. The zero-order valence-electron chi connectivity index (χ0n) is 16.8. The molecule has 8 heteroatoms. The van der Waals surface area contributed by atoms with E-state index in [1.165, 1.54) is 24.3 Å². The molecule has 0 saturated carbocycles. The van der Waals surface area contributed by atoms with E-state index < -0.39 is 16.7 Å². The first-order chi connectivity index (χ1) is 14.9. The average Bonchev–Trinajstić information content (AvgIpc) is 3.27. The first kappa shape index (κ1) is 19.0. The largest absolute Gasteiger partial charge is 0.508 e. The second-order valence-corrected chi connectivity index (χ2v) is 7.89. The molecule has 5 rings (SSSR count). The summed E-state index contributed by atoms with van der Waals surface area (Å²) in [5, 5.41) is 22.7. The van der Waals surface area contributed by atoms with Gasteiger partial charge < -0.3 is 10.0 Å². The number of nitro benzene ring substituents is 1. The number of carbonyl (C=O) groups is 2. The highest BCUT2D eigenvalue weighted by Gasteiger charge is 2.38. The van der Waals surface area contributed by atoms with Crippen LogP contribution < -0.4 is 9.80 Å². The van der Waals surface area contributed by atoms with Gasteiger partial charge in [0.25, 0.3) is 17.5 Å². The van der Waals surface area contributed by atoms with Crippen LogP contribution in [0.2, 0.25) is 0 Å². The van der Waals surface area contributed by atoms with Crippen molar-refractivity contribution in [3.63, 3.8) is 0 Å². The molecule has 8 nitrogen and oxygen atoms in total. The van der Waals surface area contributed by atoms with E-state index in [4.69, 9.17) is 0 Å². The summed E-state index contributed by atoms with van der Waals surface area (Å²) in [6.07, 6.45) is 1.87. The number of hydrogen-bond acceptors (Lipinski definition) is 6. The van der Waals surface area contributed by atoms with Gasteiger partial charge in [-0.1, -0.05) is 12.1 Å². The van der Waals surface area contributed by atoms with Crippen LogP contribution in [0.3, 0.4) is 0 Å². The van der Waals surface area contributed by atoms with Gasteiger partial charge in [0.1, 0.15) is 11.4 Å². The Labute approximate surface area is 177 Å². The number of benzene rings is 3. The number of carbonyl (C=O) groups excluding carboxylic acids is 2. The lowest BCUT2D eigenvalue weighted by molar-refractivity contribution is -0.384. The molecule has 0 aromatic heterocycles. The van der Waals surface area contributed by atoms with Crippen LogP contribution >= 0.6 is 0 Å². The van der Waals surface area contributed by atoms with E-state index >= 15 is 0 Å². The molecule has 0 radical (unpaired) electrons. The minimum Gasteiger partial charge on any atom is -0.508 e. The van der Waals surface area contributed by atoms with Crippen LogP contribution in [0.4, 0.5) is 17.1 Å². The zero-order valence-corrected chi connectivity index (χ0v) is 16.8. The highest BCUT2D eigenvalue weighted by molar-refractivity contribution is 6.37. The van der Waals surface area contributed by atoms with E-state index in [1.807, 2.05) is 4.90 Å². The molecule has 2 amide bonds. The molecular weight excluding hydrogens is 398 g/mol. The summed E-state index contributed by atoms with van der Waals surface area (Å²) in [7, 11) is 0. The molecule has 2 heterocycles. The van der Waals surface area contributed by atoms with E-state index in [1.54, 1.807) is 25.1 Å². The third kappa shape index (κ3) is 2.75. The number of nitro groups is 1. The van der Waals surface area contributed by atoms with Crippen LogP contribution in [0.15, 0.2) is 42.5 Å². The lowest BCUT2D eigenvalue weighted by Gasteiger charge is -2.30. The predicted molar refractivity (Wildman–Crippen MR) is 116 cm³/mol. The van der Waals surface area contributed by atoms with Gasteiger partial charge in [-0.3, -0.25) is 19.7 Å². The van der Waals surface area contributed by atoms with Gasteiger partial charge >= 0.3 is 0 Å². The number of hydrogen-bond donors (Lipinski definition) is 1. The monoisotopic (exact) mass is 417 g/mol. The average molecular weight is 417 g/mol. The minimum atomic E-state index is -0.612. The molecule has 1 N–H and O–H groups in total. The number of nitrogens with zero attached hydrogens (tertiary/aromatic N) is 3. The highest BCUT2D eigenvalue weighted by atomic mass is 16.6. The number of anilines is 2. The molecule has 0 atom stereocenters. The van der Waals surface area contributed by atoms with Gasteiger partial charge in [0.05, 0.1) is 16.2 Å². The van der Waals surface area contributed by atoms with Crippen LogP contribution in [0.25, 0.3) is 10.8 Å². The summed E-state index contributed by atoms with van der Waals surface area (Å²) in [4.78, 5) is 41.4. The summed E-state index contributed by atoms with van der Waals surface area (Å²) < 4.78 is 0. The molecule has 0 spiro atoms. The maximum Gasteiger partial charge on any atom is 0.293 e. The molecule has 0 aliphatic carbocycles. The smallest absolute Gasteiger partial charge is 0.293 e. The third-order valence-electron chi connectivity index (χ3n) is 6.02. The van der Waals surface area contributed by atoms with Gasteiger partial charge in [-0.15, -0.1) is 0 Å². The normalized spacial score (nSPS) is 15.8. The second-order valence-electron chi connectivity index (χ2n) is 7.89. The number of aromatic hydroxyl groups is 1. The van der Waals surface area contributed by atoms with Crippen LogP contribution in [0, 0.1) is 17.0 Å². The molecule has 0 bridgehead atoms. The third-order valence-corrected chi connectivity index (χ3v) is 6.02. The Kier molecular flexibility index (Phi) is 4.18. The SMILES string of the molecule is Cc1cc(O)ccc1N1C(=O)c2cccc3c(N4CCCC4)c([N+](=O)[O-])cc(c23)C1=O. The maximum atomic E-state index is 13.5. The second kappa shape index (κ2) is 6.80. The van der Waals surface area contributed by atoms with Crippen molar-refractivity contribution in [1.82, 2.24) is 0 Å². The fraction of sp³-hybridized carbons (Fsp3) is 0.217. The summed E-state index contributed by atoms with van der Waals surface area (Å²) in [6, 6.07) is 10.7. The number of rotatable bonds is 3. The van der Waals surface area contributed by atoms with Gasteiger partial charge in [-0.2, -0.15) is 0 Å². The van der Waals surface area contributed by atoms with E-state index in [-0.39, 0.29) is 17.0 Å². The van der Waals surface area contributed by atoms with Gasteiger partial charge in [0.2, 0.25) is 0 Å². The number of phenols is 1. The van der Waals surface area contributed by atoms with Gasteiger partial charge in [0.15, 0.2) is 0 Å². The van der Waals surface area contributed by atoms with E-state index in [2.05, 4.69) is 0 Å². The Morgan fingerprint density at radius 2 is 1.71 bits per heavy atom. The molecule has 156 valence electrons. The van der Waals surface area contributed by atoms with Crippen molar-refractivity contribution in [2.75, 3.05) is 22.9 Å². The highest BCUT2D eigenvalue weighted by Crippen LogP contribution is 2.44. The first-order valence-electron chi connectivity index (χ1n) is 10.1. The van der Waals surface area contributed by atoms with Crippen molar-refractivity contribution in [3.05, 3.63) is 69.3 Å². The number of amides is 2. The lowest BCUT2D eigenvalue weighted by Crippen LogP contribution is -2.41. The minimum absolute atomic E-state index is 0.0200. The Bertz CT molecular complexity index is 1290. The van der Waals surface area contributed by atoms with Crippen molar-refractivity contribution in [2.45, 2.75) is 19.8 Å². The fourth-order valence-corrected chi connectivity index (χ4v) is 4.66. The molecule has 3 aromatic carbocycles. The number of phenolic OH excluding ortho intramolecular Hbond substituents is 1. The van der Waals surface area contributed by atoms with Gasteiger partial charge in [0, 0.05) is 35.5 Å². The topological polar surface area (TPSA) is 104 Å². The van der Waals surface area contributed by atoms with Crippen LogP contribution in [-0.4, -0.2) is 34.9 Å². The lowest BCUT2D eigenvalue weighted by atomic mass is 9.91. The Hall–Kier alpha value is -3.94.